The van der Waals surface area contributed by atoms with Crippen molar-refractivity contribution >= 4 is 11.3 Å². The Bertz CT molecular complexity index is 342. The van der Waals surface area contributed by atoms with Crippen LogP contribution in [0.5, 0.6) is 0 Å². The van der Waals surface area contributed by atoms with Crippen molar-refractivity contribution in [3.8, 4) is 0 Å². The minimum Gasteiger partial charge on any atom is -0.376 e. The highest BCUT2D eigenvalue weighted by Crippen LogP contribution is 2.32. The van der Waals surface area contributed by atoms with E-state index in [9.17, 15) is 0 Å². The van der Waals surface area contributed by atoms with E-state index in [0.29, 0.717) is 12.1 Å². The lowest BCUT2D eigenvalue weighted by atomic mass is 9.96. The molecule has 2 nitrogen and oxygen atoms in total. The maximum Gasteiger partial charge on any atom is 0.0770 e. The van der Waals surface area contributed by atoms with Gasteiger partial charge in [-0.25, -0.2) is 0 Å². The topological polar surface area (TPSA) is 21.3 Å². The molecule has 0 amide bonds. The molecule has 16 heavy (non-hydrogen) atoms. The summed E-state index contributed by atoms with van der Waals surface area (Å²) in [6.07, 6.45) is 4.05. The summed E-state index contributed by atoms with van der Waals surface area (Å²) in [7, 11) is 2.04. The zero-order valence-corrected chi connectivity index (χ0v) is 11.2. The minimum absolute atomic E-state index is 0.353. The predicted molar refractivity (Wildman–Crippen MR) is 69.2 cm³/mol. The van der Waals surface area contributed by atoms with E-state index < -0.39 is 0 Å². The molecule has 0 aliphatic carbocycles. The quantitative estimate of drug-likeness (QED) is 0.874. The highest BCUT2D eigenvalue weighted by Gasteiger charge is 2.26. The van der Waals surface area contributed by atoms with Crippen LogP contribution in [0, 0.1) is 13.8 Å². The number of thiophene rings is 1. The molecule has 1 aromatic rings. The van der Waals surface area contributed by atoms with Crippen LogP contribution >= 0.6 is 11.3 Å². The largest absolute Gasteiger partial charge is 0.376 e. The van der Waals surface area contributed by atoms with Crippen molar-refractivity contribution in [2.75, 3.05) is 13.7 Å². The van der Waals surface area contributed by atoms with Crippen LogP contribution in [0.25, 0.3) is 0 Å². The van der Waals surface area contributed by atoms with Crippen LogP contribution in [0.1, 0.15) is 40.6 Å². The Balaban J connectivity index is 2.17. The van der Waals surface area contributed by atoms with Gasteiger partial charge in [-0.3, -0.25) is 0 Å². The van der Waals surface area contributed by atoms with Crippen LogP contribution in [-0.2, 0) is 4.74 Å². The average molecular weight is 239 g/mol. The van der Waals surface area contributed by atoms with Crippen LogP contribution in [0.3, 0.4) is 0 Å². The summed E-state index contributed by atoms with van der Waals surface area (Å²) in [5, 5.41) is 3.42. The molecule has 0 radical (unpaired) electrons. The number of hydrogen-bond donors (Lipinski definition) is 1. The summed E-state index contributed by atoms with van der Waals surface area (Å²) < 4.78 is 5.89. The van der Waals surface area contributed by atoms with Gasteiger partial charge in [-0.1, -0.05) is 0 Å². The second kappa shape index (κ2) is 5.30. The molecule has 2 atom stereocenters. The molecule has 1 aliphatic heterocycles. The van der Waals surface area contributed by atoms with Crippen molar-refractivity contribution < 1.29 is 4.74 Å². The van der Waals surface area contributed by atoms with E-state index in [1.165, 1.54) is 34.6 Å². The number of aryl methyl sites for hydroxylation is 2. The highest BCUT2D eigenvalue weighted by molar-refractivity contribution is 7.12. The third-order valence-electron chi connectivity index (χ3n) is 3.31. The molecule has 0 aromatic carbocycles. The zero-order chi connectivity index (χ0) is 11.5. The fraction of sp³-hybridized carbons (Fsp3) is 0.692. The van der Waals surface area contributed by atoms with E-state index in [1.54, 1.807) is 0 Å². The number of nitrogens with one attached hydrogen (secondary N) is 1. The van der Waals surface area contributed by atoms with Gasteiger partial charge in [0.15, 0.2) is 0 Å². The number of likely N-dealkylation sites (N-methyl/N-ethyl adjacent to an activating group) is 1. The molecule has 1 N–H and O–H groups in total. The van der Waals surface area contributed by atoms with E-state index in [0.717, 1.165) is 6.61 Å². The molecule has 1 aromatic heterocycles. The van der Waals surface area contributed by atoms with Crippen molar-refractivity contribution in [1.29, 1.82) is 0 Å². The van der Waals surface area contributed by atoms with Crippen LogP contribution in [0.4, 0.5) is 0 Å². The Labute approximate surface area is 102 Å². The molecule has 1 fully saturated rings. The van der Waals surface area contributed by atoms with Crippen LogP contribution in [0.15, 0.2) is 6.07 Å². The van der Waals surface area contributed by atoms with E-state index in [-0.39, 0.29) is 0 Å². The Kier molecular flexibility index (Phi) is 4.00. The zero-order valence-electron chi connectivity index (χ0n) is 10.4. The van der Waals surface area contributed by atoms with Gasteiger partial charge in [0.05, 0.1) is 12.1 Å². The summed E-state index contributed by atoms with van der Waals surface area (Å²) >= 11 is 1.88. The summed E-state index contributed by atoms with van der Waals surface area (Å²) in [4.78, 5) is 2.81. The van der Waals surface area contributed by atoms with Gasteiger partial charge in [0.1, 0.15) is 0 Å². The highest BCUT2D eigenvalue weighted by atomic mass is 32.1. The summed E-state index contributed by atoms with van der Waals surface area (Å²) in [6.45, 7) is 5.31. The van der Waals surface area contributed by atoms with Gasteiger partial charge in [0, 0.05) is 16.4 Å². The molecular formula is C13H21NOS. The van der Waals surface area contributed by atoms with E-state index >= 15 is 0 Å². The second-order valence-corrected chi connectivity index (χ2v) is 6.00. The molecule has 90 valence electrons. The molecule has 0 saturated carbocycles. The van der Waals surface area contributed by atoms with Crippen LogP contribution in [-0.4, -0.2) is 19.8 Å². The Morgan fingerprint density at radius 3 is 2.75 bits per heavy atom. The SMILES string of the molecule is CNC(c1cc(C)sc1C)C1CCCCO1. The fourth-order valence-electron chi connectivity index (χ4n) is 2.53. The van der Waals surface area contributed by atoms with E-state index in [1.807, 2.05) is 18.4 Å². The minimum atomic E-state index is 0.353. The Morgan fingerprint density at radius 2 is 2.25 bits per heavy atom. The van der Waals surface area contributed by atoms with Crippen molar-refractivity contribution in [3.05, 3.63) is 21.4 Å². The van der Waals surface area contributed by atoms with Gasteiger partial charge in [0.25, 0.3) is 0 Å². The molecule has 2 heterocycles. The van der Waals surface area contributed by atoms with E-state index in [2.05, 4.69) is 25.2 Å². The summed E-state index contributed by atoms with van der Waals surface area (Å²) in [5.41, 5.74) is 1.43. The normalized spacial score (nSPS) is 23.3. The fourth-order valence-corrected chi connectivity index (χ4v) is 3.50. The van der Waals surface area contributed by atoms with Crippen molar-refractivity contribution in [2.45, 2.75) is 45.3 Å². The van der Waals surface area contributed by atoms with Gasteiger partial charge >= 0.3 is 0 Å². The molecular weight excluding hydrogens is 218 g/mol. The van der Waals surface area contributed by atoms with Crippen molar-refractivity contribution in [1.82, 2.24) is 5.32 Å². The molecule has 0 bridgehead atoms. The molecule has 2 unspecified atom stereocenters. The first kappa shape index (κ1) is 12.1. The molecule has 2 rings (SSSR count). The third kappa shape index (κ3) is 2.47. The molecule has 3 heteroatoms. The lowest BCUT2D eigenvalue weighted by Crippen LogP contribution is -2.34. The maximum atomic E-state index is 5.89. The first-order chi connectivity index (χ1) is 7.72. The van der Waals surface area contributed by atoms with Gasteiger partial charge in [-0.05, 0) is 51.8 Å². The van der Waals surface area contributed by atoms with Crippen LogP contribution < -0.4 is 5.32 Å². The van der Waals surface area contributed by atoms with Gasteiger partial charge in [-0.2, -0.15) is 0 Å². The van der Waals surface area contributed by atoms with Crippen molar-refractivity contribution in [2.24, 2.45) is 0 Å². The summed E-state index contributed by atoms with van der Waals surface area (Å²) in [5.74, 6) is 0. The van der Waals surface area contributed by atoms with Crippen LogP contribution in [0.2, 0.25) is 0 Å². The number of rotatable bonds is 3. The summed E-state index contributed by atoms with van der Waals surface area (Å²) in [6, 6.07) is 2.67. The average Bonchev–Trinajstić information content (AvgIpc) is 2.61. The predicted octanol–water partition coefficient (Wildman–Crippen LogP) is 3.19. The lowest BCUT2D eigenvalue weighted by molar-refractivity contribution is -0.00665. The van der Waals surface area contributed by atoms with Crippen molar-refractivity contribution in [3.63, 3.8) is 0 Å². The lowest BCUT2D eigenvalue weighted by Gasteiger charge is -2.30. The Hall–Kier alpha value is -0.380. The van der Waals surface area contributed by atoms with Gasteiger partial charge in [-0.15, -0.1) is 11.3 Å². The number of hydrogen-bond acceptors (Lipinski definition) is 3. The van der Waals surface area contributed by atoms with E-state index in [4.69, 9.17) is 4.74 Å². The first-order valence-corrected chi connectivity index (χ1v) is 6.90. The van der Waals surface area contributed by atoms with Gasteiger partial charge in [0.2, 0.25) is 0 Å². The Morgan fingerprint density at radius 1 is 1.44 bits per heavy atom. The molecule has 1 aliphatic rings. The maximum absolute atomic E-state index is 5.89. The number of ether oxygens (including phenoxy) is 1. The first-order valence-electron chi connectivity index (χ1n) is 6.08. The molecule has 0 spiro atoms. The molecule has 1 saturated heterocycles. The van der Waals surface area contributed by atoms with Gasteiger partial charge < -0.3 is 10.1 Å². The second-order valence-electron chi connectivity index (χ2n) is 4.54. The standard InChI is InChI=1S/C13H21NOS/c1-9-8-11(10(2)16-9)13(14-3)12-6-4-5-7-15-12/h8,12-14H,4-7H2,1-3H3. The smallest absolute Gasteiger partial charge is 0.0770 e. The monoisotopic (exact) mass is 239 g/mol. The third-order valence-corrected chi connectivity index (χ3v) is 4.29.